The van der Waals surface area contributed by atoms with E-state index in [1.165, 1.54) is 0 Å². The van der Waals surface area contributed by atoms with Crippen LogP contribution in [0.25, 0.3) is 0 Å². The lowest BCUT2D eigenvalue weighted by Crippen LogP contribution is -2.35. The Morgan fingerprint density at radius 1 is 1.06 bits per heavy atom. The van der Waals surface area contributed by atoms with Gasteiger partial charge in [-0.1, -0.05) is 35.9 Å². The van der Waals surface area contributed by atoms with Gasteiger partial charge in [0, 0.05) is 34.7 Å². The topological polar surface area (TPSA) is 23.1 Å². The molecule has 1 unspecified atom stereocenters. The van der Waals surface area contributed by atoms with E-state index in [1.807, 2.05) is 49.4 Å². The molecule has 0 aromatic heterocycles. The zero-order chi connectivity index (χ0) is 12.8. The number of quaternary nitrogens is 1. The molecule has 2 aromatic rings. The summed E-state index contributed by atoms with van der Waals surface area (Å²) in [6, 6.07) is 13.4. The molecule has 3 rings (SSSR count). The maximum Gasteiger partial charge on any atom is 0.142 e. The third kappa shape index (κ3) is 1.57. The molecule has 18 heavy (non-hydrogen) atoms. The number of hydrogen-bond acceptors (Lipinski definition) is 1. The summed E-state index contributed by atoms with van der Waals surface area (Å²) in [6.07, 6.45) is 0.825. The van der Waals surface area contributed by atoms with E-state index in [1.54, 1.807) is 0 Å². The van der Waals surface area contributed by atoms with Crippen LogP contribution in [0.5, 0.6) is 0 Å². The first kappa shape index (κ1) is 11.7. The van der Waals surface area contributed by atoms with E-state index >= 15 is 0 Å². The van der Waals surface area contributed by atoms with E-state index < -0.39 is 0 Å². The molecule has 0 bridgehead atoms. The van der Waals surface area contributed by atoms with Gasteiger partial charge < -0.3 is 5.21 Å². The molecule has 0 saturated heterocycles. The van der Waals surface area contributed by atoms with Crippen LogP contribution >= 0.6 is 11.6 Å². The molecule has 1 atom stereocenters. The van der Waals surface area contributed by atoms with Crippen LogP contribution in [0.1, 0.15) is 11.1 Å². The first-order chi connectivity index (χ1) is 8.63. The number of para-hydroxylation sites is 1. The van der Waals surface area contributed by atoms with Gasteiger partial charge in [0.15, 0.2) is 0 Å². The Morgan fingerprint density at radius 3 is 2.61 bits per heavy atom. The fourth-order valence-electron chi connectivity index (χ4n) is 2.71. The van der Waals surface area contributed by atoms with Crippen LogP contribution in [0, 0.1) is 12.1 Å². The van der Waals surface area contributed by atoms with Crippen molar-refractivity contribution in [2.24, 2.45) is 0 Å². The molecule has 92 valence electrons. The molecule has 0 saturated carbocycles. The van der Waals surface area contributed by atoms with Crippen molar-refractivity contribution in [1.82, 2.24) is 4.65 Å². The summed E-state index contributed by atoms with van der Waals surface area (Å²) in [7, 11) is 0. The van der Waals surface area contributed by atoms with Crippen LogP contribution in [-0.4, -0.2) is 6.54 Å². The minimum atomic E-state index is -0.386. The Hall–Kier alpha value is -1.35. The molecule has 0 amide bonds. The molecule has 0 radical (unpaired) electrons. The summed E-state index contributed by atoms with van der Waals surface area (Å²) in [6.45, 7) is 2.47. The summed E-state index contributed by atoms with van der Waals surface area (Å²) in [5.74, 6) is 0. The largest absolute Gasteiger partial charge is 0.622 e. The number of benzene rings is 2. The highest BCUT2D eigenvalue weighted by molar-refractivity contribution is 6.31. The number of rotatable bonds is 1. The van der Waals surface area contributed by atoms with Gasteiger partial charge in [-0.2, -0.15) is 0 Å². The fourth-order valence-corrected chi connectivity index (χ4v) is 2.88. The maximum absolute atomic E-state index is 13.2. The zero-order valence-electron chi connectivity index (χ0n) is 10.2. The maximum atomic E-state index is 13.2. The summed E-state index contributed by atoms with van der Waals surface area (Å²) in [4.78, 5) is 0. The SMILES string of the molecule is Cc1c(Cl)cccc1[N+]1([O-])CCc2ccccc21. The van der Waals surface area contributed by atoms with Gasteiger partial charge in [0.25, 0.3) is 0 Å². The predicted molar refractivity (Wildman–Crippen MR) is 76.0 cm³/mol. The summed E-state index contributed by atoms with van der Waals surface area (Å²) >= 11 is 6.13. The first-order valence-corrected chi connectivity index (χ1v) is 6.44. The molecular weight excluding hydrogens is 246 g/mol. The standard InChI is InChI=1S/C15H14ClNO/c1-11-13(16)6-4-8-14(11)17(18)10-9-12-5-2-3-7-15(12)17/h2-8H,9-10H2,1H3. The van der Waals surface area contributed by atoms with Gasteiger partial charge in [-0.05, 0) is 13.0 Å². The molecule has 0 fully saturated rings. The predicted octanol–water partition coefficient (Wildman–Crippen LogP) is 4.34. The molecule has 2 aromatic carbocycles. The quantitative estimate of drug-likeness (QED) is 0.552. The van der Waals surface area contributed by atoms with Crippen LogP contribution < -0.4 is 4.65 Å². The van der Waals surface area contributed by atoms with Crippen LogP contribution in [0.2, 0.25) is 5.02 Å². The van der Waals surface area contributed by atoms with Crippen molar-refractivity contribution in [3.8, 4) is 0 Å². The average Bonchev–Trinajstić information content (AvgIpc) is 2.72. The fraction of sp³-hybridized carbons (Fsp3) is 0.200. The van der Waals surface area contributed by atoms with E-state index in [9.17, 15) is 5.21 Å². The number of hydrogen-bond donors (Lipinski definition) is 0. The van der Waals surface area contributed by atoms with Crippen LogP contribution in [0.4, 0.5) is 11.4 Å². The summed E-state index contributed by atoms with van der Waals surface area (Å²) < 4.78 is -0.386. The van der Waals surface area contributed by atoms with Gasteiger partial charge in [-0.15, -0.1) is 0 Å². The van der Waals surface area contributed by atoms with Gasteiger partial charge in [-0.3, -0.25) is 4.65 Å². The van der Waals surface area contributed by atoms with Gasteiger partial charge in [0.1, 0.15) is 11.4 Å². The lowest BCUT2D eigenvalue weighted by atomic mass is 10.1. The Morgan fingerprint density at radius 2 is 1.78 bits per heavy atom. The third-order valence-corrected chi connectivity index (χ3v) is 4.11. The van der Waals surface area contributed by atoms with Gasteiger partial charge >= 0.3 is 0 Å². The average molecular weight is 260 g/mol. The molecule has 0 aliphatic carbocycles. The van der Waals surface area contributed by atoms with Crippen LogP contribution in [0.15, 0.2) is 42.5 Å². The molecule has 3 heteroatoms. The van der Waals surface area contributed by atoms with Crippen molar-refractivity contribution in [1.29, 1.82) is 0 Å². The van der Waals surface area contributed by atoms with Crippen molar-refractivity contribution in [2.45, 2.75) is 13.3 Å². The van der Waals surface area contributed by atoms with E-state index in [2.05, 4.69) is 0 Å². The lowest BCUT2D eigenvalue weighted by molar-refractivity contribution is 0.544. The highest BCUT2D eigenvalue weighted by Crippen LogP contribution is 2.43. The highest BCUT2D eigenvalue weighted by atomic mass is 35.5. The van der Waals surface area contributed by atoms with Crippen molar-refractivity contribution >= 4 is 23.0 Å². The van der Waals surface area contributed by atoms with Crippen LogP contribution in [-0.2, 0) is 6.42 Å². The Labute approximate surface area is 112 Å². The summed E-state index contributed by atoms with van der Waals surface area (Å²) in [5, 5.41) is 13.8. The Kier molecular flexibility index (Phi) is 2.67. The molecule has 1 aliphatic heterocycles. The molecule has 0 spiro atoms. The first-order valence-electron chi connectivity index (χ1n) is 6.06. The minimum Gasteiger partial charge on any atom is -0.622 e. The van der Waals surface area contributed by atoms with E-state index in [4.69, 9.17) is 11.6 Å². The van der Waals surface area contributed by atoms with E-state index in [0.29, 0.717) is 11.6 Å². The van der Waals surface area contributed by atoms with Crippen molar-refractivity contribution < 1.29 is 0 Å². The second kappa shape index (κ2) is 4.09. The van der Waals surface area contributed by atoms with Crippen LogP contribution in [0.3, 0.4) is 0 Å². The van der Waals surface area contributed by atoms with Gasteiger partial charge in [0.2, 0.25) is 0 Å². The Balaban J connectivity index is 2.21. The molecule has 0 N–H and O–H groups in total. The van der Waals surface area contributed by atoms with E-state index in [0.717, 1.165) is 28.9 Å². The second-order valence-electron chi connectivity index (χ2n) is 4.73. The summed E-state index contributed by atoms with van der Waals surface area (Å²) in [5.41, 5.74) is 3.63. The number of halogens is 1. The molecule has 1 aliphatic rings. The van der Waals surface area contributed by atoms with Crippen molar-refractivity contribution in [3.05, 3.63) is 63.8 Å². The molecular formula is C15H14ClNO. The monoisotopic (exact) mass is 259 g/mol. The molecule has 1 heterocycles. The van der Waals surface area contributed by atoms with Gasteiger partial charge in [0.05, 0.1) is 6.54 Å². The normalized spacial score (nSPS) is 21.9. The van der Waals surface area contributed by atoms with Gasteiger partial charge in [-0.25, -0.2) is 0 Å². The van der Waals surface area contributed by atoms with E-state index in [-0.39, 0.29) is 4.65 Å². The Bertz CT molecular complexity index is 611. The number of nitrogens with zero attached hydrogens (tertiary/aromatic N) is 1. The third-order valence-electron chi connectivity index (χ3n) is 3.71. The minimum absolute atomic E-state index is 0.386. The van der Waals surface area contributed by atoms with Crippen molar-refractivity contribution in [3.63, 3.8) is 0 Å². The highest BCUT2D eigenvalue weighted by Gasteiger charge is 2.33. The second-order valence-corrected chi connectivity index (χ2v) is 5.13. The lowest BCUT2D eigenvalue weighted by Gasteiger charge is -2.39. The number of fused-ring (bicyclic) bond motifs is 1. The smallest absolute Gasteiger partial charge is 0.142 e. The molecule has 2 nitrogen and oxygen atoms in total. The number of hydroxylamine groups is 1. The zero-order valence-corrected chi connectivity index (χ0v) is 10.9. The van der Waals surface area contributed by atoms with Crippen molar-refractivity contribution in [2.75, 3.05) is 6.54 Å².